The fourth-order valence-electron chi connectivity index (χ4n) is 4.09. The molecule has 0 aliphatic carbocycles. The van der Waals surface area contributed by atoms with Gasteiger partial charge in [0.05, 0.1) is 0 Å². The maximum Gasteiger partial charge on any atom is 0.410 e. The largest absolute Gasteiger partial charge is 0.481 e. The van der Waals surface area contributed by atoms with Crippen LogP contribution in [0.2, 0.25) is 0 Å². The first-order valence-corrected chi connectivity index (χ1v) is 12.1. The summed E-state index contributed by atoms with van der Waals surface area (Å²) < 4.78 is 10.9. The van der Waals surface area contributed by atoms with Crippen LogP contribution in [0.15, 0.2) is 35.1 Å². The van der Waals surface area contributed by atoms with E-state index in [1.165, 1.54) is 0 Å². The van der Waals surface area contributed by atoms with Crippen LogP contribution >= 0.6 is 0 Å². The van der Waals surface area contributed by atoms with E-state index in [1.807, 2.05) is 51.1 Å². The zero-order valence-electron chi connectivity index (χ0n) is 20.7. The normalized spacial score (nSPS) is 14.5. The van der Waals surface area contributed by atoms with Crippen LogP contribution in [-0.2, 0) is 17.8 Å². The predicted octanol–water partition coefficient (Wildman–Crippen LogP) is 4.41. The lowest BCUT2D eigenvalue weighted by molar-refractivity contribution is 0.0180. The number of rotatable bonds is 9. The van der Waals surface area contributed by atoms with Crippen molar-refractivity contribution in [3.05, 3.63) is 57.8 Å². The minimum absolute atomic E-state index is 0.0813. The minimum Gasteiger partial charge on any atom is -0.481 e. The minimum atomic E-state index is -1.29. The highest BCUT2D eigenvalue weighted by atomic mass is 16.6. The Morgan fingerprint density at radius 3 is 2.46 bits per heavy atom. The predicted molar refractivity (Wildman–Crippen MR) is 131 cm³/mol. The van der Waals surface area contributed by atoms with E-state index in [4.69, 9.17) is 9.47 Å². The number of hydrogen-bond acceptors (Lipinski definition) is 6. The van der Waals surface area contributed by atoms with Crippen molar-refractivity contribution >= 4 is 12.1 Å². The third-order valence-electron chi connectivity index (χ3n) is 5.90. The summed E-state index contributed by atoms with van der Waals surface area (Å²) >= 11 is 0. The second kappa shape index (κ2) is 11.9. The zero-order valence-corrected chi connectivity index (χ0v) is 20.7. The molecule has 0 radical (unpaired) electrons. The molecular formula is C26H35N3O6. The van der Waals surface area contributed by atoms with Gasteiger partial charge in [-0.25, -0.2) is 14.6 Å². The van der Waals surface area contributed by atoms with E-state index < -0.39 is 17.1 Å². The molecule has 0 unspecified atom stereocenters. The molecule has 1 saturated heterocycles. The lowest BCUT2D eigenvalue weighted by Crippen LogP contribution is -2.41. The number of amides is 1. The van der Waals surface area contributed by atoms with Crippen LogP contribution in [0.3, 0.4) is 0 Å². The number of unbranched alkanes of at least 4 members (excludes halogenated alkanes) is 1. The van der Waals surface area contributed by atoms with Gasteiger partial charge in [-0.05, 0) is 51.5 Å². The maximum absolute atomic E-state index is 12.5. The number of ether oxygens (including phenoxy) is 2. The highest BCUT2D eigenvalue weighted by molar-refractivity contribution is 5.88. The van der Waals surface area contributed by atoms with E-state index in [1.54, 1.807) is 4.90 Å². The Balaban J connectivity index is 1.47. The molecule has 1 aromatic carbocycles. The van der Waals surface area contributed by atoms with Crippen molar-refractivity contribution < 1.29 is 24.2 Å². The Kier molecular flexibility index (Phi) is 8.89. The molecule has 2 aromatic rings. The summed E-state index contributed by atoms with van der Waals surface area (Å²) in [5, 5.41) is 9.54. The molecule has 0 atom stereocenters. The number of benzene rings is 1. The summed E-state index contributed by atoms with van der Waals surface area (Å²) in [6.45, 7) is 7.07. The van der Waals surface area contributed by atoms with E-state index in [0.29, 0.717) is 31.3 Å². The molecule has 190 valence electrons. The number of carboxylic acids is 1. The van der Waals surface area contributed by atoms with Crippen molar-refractivity contribution in [2.75, 3.05) is 13.1 Å². The van der Waals surface area contributed by atoms with Crippen molar-refractivity contribution in [1.82, 2.24) is 14.9 Å². The number of aromatic nitrogens is 2. The molecule has 1 aliphatic rings. The zero-order chi connectivity index (χ0) is 25.4. The van der Waals surface area contributed by atoms with Gasteiger partial charge in [0, 0.05) is 19.5 Å². The fraction of sp³-hybridized carbons (Fsp3) is 0.538. The molecule has 0 saturated carbocycles. The number of aryl methyl sites for hydroxylation is 1. The molecular weight excluding hydrogens is 450 g/mol. The molecule has 3 rings (SSSR count). The highest BCUT2D eigenvalue weighted by Gasteiger charge is 2.26. The van der Waals surface area contributed by atoms with Crippen LogP contribution in [0.4, 0.5) is 4.79 Å². The number of hydrogen-bond donors (Lipinski definition) is 2. The van der Waals surface area contributed by atoms with Crippen LogP contribution in [-0.4, -0.2) is 50.7 Å². The lowest BCUT2D eigenvalue weighted by Gasteiger charge is -2.33. The Hall–Kier alpha value is -3.36. The van der Waals surface area contributed by atoms with Gasteiger partial charge in [0.2, 0.25) is 5.75 Å². The molecule has 0 spiro atoms. The summed E-state index contributed by atoms with van der Waals surface area (Å²) in [6, 6.07) is 9.21. The van der Waals surface area contributed by atoms with Gasteiger partial charge >= 0.3 is 12.1 Å². The van der Waals surface area contributed by atoms with Crippen LogP contribution in [0, 0.1) is 5.92 Å². The van der Waals surface area contributed by atoms with Crippen molar-refractivity contribution in [1.29, 1.82) is 0 Å². The van der Waals surface area contributed by atoms with Gasteiger partial charge < -0.3 is 24.5 Å². The van der Waals surface area contributed by atoms with Crippen molar-refractivity contribution in [2.45, 2.75) is 71.5 Å². The topological polar surface area (TPSA) is 122 Å². The Morgan fingerprint density at radius 2 is 1.83 bits per heavy atom. The van der Waals surface area contributed by atoms with Crippen LogP contribution in [0.1, 0.15) is 74.8 Å². The molecule has 2 N–H and O–H groups in total. The second-order valence-electron chi connectivity index (χ2n) is 9.93. The van der Waals surface area contributed by atoms with Crippen LogP contribution < -0.4 is 10.3 Å². The molecule has 0 bridgehead atoms. The smallest absolute Gasteiger partial charge is 0.410 e. The molecule has 9 nitrogen and oxygen atoms in total. The Bertz CT molecular complexity index is 1050. The first kappa shape index (κ1) is 26.2. The second-order valence-corrected chi connectivity index (χ2v) is 9.93. The molecule has 9 heteroatoms. The molecule has 1 aromatic heterocycles. The third kappa shape index (κ3) is 8.12. The number of carbonyl (C=O) groups excluding carboxylic acids is 1. The number of H-pyrrole nitrogens is 1. The number of likely N-dealkylation sites (tertiary alicyclic amines) is 1. The fourth-order valence-corrected chi connectivity index (χ4v) is 4.09. The van der Waals surface area contributed by atoms with Gasteiger partial charge in [-0.15, -0.1) is 0 Å². The SMILES string of the molecule is CC(C)(C)OC(=O)N1CCC(CCCCc2nc(C(=O)O)c(OCc3ccccc3)c(=O)[nH]2)CC1. The van der Waals surface area contributed by atoms with Crippen molar-refractivity contribution in [3.8, 4) is 5.75 Å². The lowest BCUT2D eigenvalue weighted by atomic mass is 9.91. The Morgan fingerprint density at radius 1 is 1.14 bits per heavy atom. The van der Waals surface area contributed by atoms with Gasteiger partial charge in [-0.3, -0.25) is 4.79 Å². The number of carbonyl (C=O) groups is 2. The summed E-state index contributed by atoms with van der Waals surface area (Å²) in [7, 11) is 0. The van der Waals surface area contributed by atoms with Crippen LogP contribution in [0.25, 0.3) is 0 Å². The van der Waals surface area contributed by atoms with Gasteiger partial charge in [0.25, 0.3) is 5.56 Å². The summed E-state index contributed by atoms with van der Waals surface area (Å²) in [6.07, 6.45) is 4.81. The van der Waals surface area contributed by atoms with E-state index in [0.717, 1.165) is 37.7 Å². The molecule has 2 heterocycles. The summed E-state index contributed by atoms with van der Waals surface area (Å²) in [4.78, 5) is 45.0. The van der Waals surface area contributed by atoms with E-state index in [2.05, 4.69) is 9.97 Å². The number of aromatic carboxylic acids is 1. The van der Waals surface area contributed by atoms with Gasteiger partial charge in [-0.2, -0.15) is 0 Å². The quantitative estimate of drug-likeness (QED) is 0.505. The monoisotopic (exact) mass is 485 g/mol. The Labute approximate surface area is 205 Å². The van der Waals surface area contributed by atoms with Gasteiger partial charge in [0.15, 0.2) is 5.69 Å². The number of aromatic amines is 1. The first-order valence-electron chi connectivity index (χ1n) is 12.1. The third-order valence-corrected chi connectivity index (χ3v) is 5.90. The molecule has 1 fully saturated rings. The highest BCUT2D eigenvalue weighted by Crippen LogP contribution is 2.24. The van der Waals surface area contributed by atoms with E-state index in [9.17, 15) is 19.5 Å². The molecule has 1 aliphatic heterocycles. The summed E-state index contributed by atoms with van der Waals surface area (Å²) in [5.74, 6) is -0.692. The average molecular weight is 486 g/mol. The number of piperidine rings is 1. The van der Waals surface area contributed by atoms with Gasteiger partial charge in [0.1, 0.15) is 18.0 Å². The standard InChI is InChI=1S/C26H35N3O6/c1-26(2,3)35-25(33)29-15-13-18(14-16-29)9-7-8-12-20-27-21(24(31)32)22(23(30)28-20)34-17-19-10-5-4-6-11-19/h4-6,10-11,18H,7-9,12-17H2,1-3H3,(H,31,32)(H,27,28,30). The maximum atomic E-state index is 12.5. The van der Waals surface area contributed by atoms with E-state index >= 15 is 0 Å². The van der Waals surface area contributed by atoms with Crippen LogP contribution in [0.5, 0.6) is 5.75 Å². The molecule has 1 amide bonds. The van der Waals surface area contributed by atoms with Crippen molar-refractivity contribution in [2.24, 2.45) is 5.92 Å². The van der Waals surface area contributed by atoms with Gasteiger partial charge in [-0.1, -0.05) is 43.2 Å². The number of nitrogens with zero attached hydrogens (tertiary/aromatic N) is 2. The first-order chi connectivity index (χ1) is 16.6. The van der Waals surface area contributed by atoms with E-state index in [-0.39, 0.29) is 24.1 Å². The molecule has 35 heavy (non-hydrogen) atoms. The number of carboxylic acid groups (broad SMARTS) is 1. The summed E-state index contributed by atoms with van der Waals surface area (Å²) in [5.41, 5.74) is -0.619. The average Bonchev–Trinajstić information content (AvgIpc) is 2.80. The van der Waals surface area contributed by atoms with Crippen molar-refractivity contribution in [3.63, 3.8) is 0 Å². The number of nitrogens with one attached hydrogen (secondary N) is 1.